The van der Waals surface area contributed by atoms with Crippen LogP contribution in [0, 0.1) is 5.41 Å². The predicted molar refractivity (Wildman–Crippen MR) is 72.7 cm³/mol. The highest BCUT2D eigenvalue weighted by Crippen LogP contribution is 2.47. The summed E-state index contributed by atoms with van der Waals surface area (Å²) < 4.78 is 1.86. The number of hydrogen-bond acceptors (Lipinski definition) is 3. The summed E-state index contributed by atoms with van der Waals surface area (Å²) in [5, 5.41) is 17.7. The van der Waals surface area contributed by atoms with E-state index in [2.05, 4.69) is 17.3 Å². The molecule has 1 aromatic rings. The Labute approximate surface area is 113 Å². The first-order valence-corrected chi connectivity index (χ1v) is 7.01. The first-order chi connectivity index (χ1) is 8.62. The van der Waals surface area contributed by atoms with Crippen LogP contribution in [0.1, 0.15) is 37.6 Å². The van der Waals surface area contributed by atoms with Crippen LogP contribution in [0.3, 0.4) is 0 Å². The fourth-order valence-corrected chi connectivity index (χ4v) is 2.75. The second-order valence-corrected chi connectivity index (χ2v) is 5.64. The summed E-state index contributed by atoms with van der Waals surface area (Å²) in [5.41, 5.74) is 2.36. The van der Waals surface area contributed by atoms with Crippen molar-refractivity contribution in [1.29, 1.82) is 0 Å². The molecule has 1 aliphatic rings. The zero-order valence-corrected chi connectivity index (χ0v) is 11.9. The molecule has 4 nitrogen and oxygen atoms in total. The van der Waals surface area contributed by atoms with Gasteiger partial charge in [0.25, 0.3) is 0 Å². The van der Waals surface area contributed by atoms with Crippen LogP contribution < -0.4 is 5.32 Å². The standard InChI is InChI=1S/C13H22ClN3O/c1-3-10-12(14)11(17(2)16-10)8-15-9-13(4-5-13)6-7-18/h15,18H,3-9H2,1-2H3. The molecule has 0 atom stereocenters. The van der Waals surface area contributed by atoms with Gasteiger partial charge in [-0.1, -0.05) is 18.5 Å². The zero-order chi connectivity index (χ0) is 13.2. The Morgan fingerprint density at radius 3 is 2.72 bits per heavy atom. The molecule has 0 bridgehead atoms. The molecule has 0 aliphatic heterocycles. The van der Waals surface area contributed by atoms with Crippen molar-refractivity contribution in [1.82, 2.24) is 15.1 Å². The zero-order valence-electron chi connectivity index (χ0n) is 11.2. The van der Waals surface area contributed by atoms with Crippen LogP contribution in [-0.2, 0) is 20.0 Å². The highest BCUT2D eigenvalue weighted by molar-refractivity contribution is 6.31. The number of rotatable bonds is 7. The van der Waals surface area contributed by atoms with Crippen molar-refractivity contribution in [2.24, 2.45) is 12.5 Å². The lowest BCUT2D eigenvalue weighted by molar-refractivity contribution is 0.245. The van der Waals surface area contributed by atoms with Gasteiger partial charge in [0.1, 0.15) is 0 Å². The maximum Gasteiger partial charge on any atom is 0.0863 e. The van der Waals surface area contributed by atoms with Gasteiger partial charge in [0.05, 0.1) is 16.4 Å². The molecule has 5 heteroatoms. The van der Waals surface area contributed by atoms with E-state index in [9.17, 15) is 0 Å². The molecule has 0 spiro atoms. The average molecular weight is 272 g/mol. The van der Waals surface area contributed by atoms with Gasteiger partial charge in [0.2, 0.25) is 0 Å². The third-order valence-corrected chi connectivity index (χ3v) is 4.33. The van der Waals surface area contributed by atoms with E-state index in [0.29, 0.717) is 5.41 Å². The molecular formula is C13H22ClN3O. The maximum absolute atomic E-state index is 9.02. The second-order valence-electron chi connectivity index (χ2n) is 5.26. The Hall–Kier alpha value is -0.580. The summed E-state index contributed by atoms with van der Waals surface area (Å²) >= 11 is 6.29. The molecule has 0 aromatic carbocycles. The Bertz CT molecular complexity index is 413. The molecule has 102 valence electrons. The molecular weight excluding hydrogens is 250 g/mol. The van der Waals surface area contributed by atoms with Crippen molar-refractivity contribution in [3.05, 3.63) is 16.4 Å². The summed E-state index contributed by atoms with van der Waals surface area (Å²) in [5.74, 6) is 0. The fourth-order valence-electron chi connectivity index (χ4n) is 2.39. The smallest absolute Gasteiger partial charge is 0.0863 e. The number of halogens is 1. The summed E-state index contributed by atoms with van der Waals surface area (Å²) in [6.45, 7) is 4.05. The van der Waals surface area contributed by atoms with Crippen LogP contribution in [0.15, 0.2) is 0 Å². The van der Waals surface area contributed by atoms with E-state index >= 15 is 0 Å². The number of nitrogens with zero attached hydrogens (tertiary/aromatic N) is 2. The molecule has 0 saturated heterocycles. The molecule has 2 rings (SSSR count). The van der Waals surface area contributed by atoms with Crippen LogP contribution in [-0.4, -0.2) is 28.0 Å². The van der Waals surface area contributed by atoms with Gasteiger partial charge in [-0.2, -0.15) is 5.10 Å². The Kier molecular flexibility index (Phi) is 4.30. The first kappa shape index (κ1) is 13.8. The quantitative estimate of drug-likeness (QED) is 0.796. The van der Waals surface area contributed by atoms with Gasteiger partial charge < -0.3 is 10.4 Å². The van der Waals surface area contributed by atoms with Crippen LogP contribution >= 0.6 is 11.6 Å². The monoisotopic (exact) mass is 271 g/mol. The van der Waals surface area contributed by atoms with E-state index in [1.807, 2.05) is 11.7 Å². The van der Waals surface area contributed by atoms with Gasteiger partial charge in [0.15, 0.2) is 0 Å². The first-order valence-electron chi connectivity index (χ1n) is 6.64. The van der Waals surface area contributed by atoms with Crippen molar-refractivity contribution >= 4 is 11.6 Å². The lowest BCUT2D eigenvalue weighted by Crippen LogP contribution is -2.25. The number of aryl methyl sites for hydroxylation is 2. The van der Waals surface area contributed by atoms with Crippen molar-refractivity contribution in [2.45, 2.75) is 39.2 Å². The third-order valence-electron chi connectivity index (χ3n) is 3.89. The van der Waals surface area contributed by atoms with Gasteiger partial charge in [-0.25, -0.2) is 0 Å². The lowest BCUT2D eigenvalue weighted by Gasteiger charge is -2.14. The SMILES string of the molecule is CCc1nn(C)c(CNCC2(CCO)CC2)c1Cl. The van der Waals surface area contributed by atoms with Gasteiger partial charge in [-0.05, 0) is 31.1 Å². The summed E-state index contributed by atoms with van der Waals surface area (Å²) in [7, 11) is 1.93. The summed E-state index contributed by atoms with van der Waals surface area (Å²) in [4.78, 5) is 0. The normalized spacial score (nSPS) is 17.1. The third kappa shape index (κ3) is 2.87. The maximum atomic E-state index is 9.02. The summed E-state index contributed by atoms with van der Waals surface area (Å²) in [6, 6.07) is 0. The highest BCUT2D eigenvalue weighted by atomic mass is 35.5. The van der Waals surface area contributed by atoms with Crippen molar-refractivity contribution in [3.8, 4) is 0 Å². The molecule has 0 radical (unpaired) electrons. The van der Waals surface area contributed by atoms with Crippen molar-refractivity contribution in [3.63, 3.8) is 0 Å². The minimum absolute atomic E-state index is 0.286. The molecule has 1 saturated carbocycles. The second kappa shape index (κ2) is 5.59. The van der Waals surface area contributed by atoms with Gasteiger partial charge in [-0.15, -0.1) is 0 Å². The van der Waals surface area contributed by atoms with Crippen LogP contribution in [0.2, 0.25) is 5.02 Å². The van der Waals surface area contributed by atoms with E-state index in [1.54, 1.807) is 0 Å². The van der Waals surface area contributed by atoms with E-state index < -0.39 is 0 Å². The van der Waals surface area contributed by atoms with E-state index in [-0.39, 0.29) is 6.61 Å². The molecule has 18 heavy (non-hydrogen) atoms. The number of aliphatic hydroxyl groups excluding tert-OH is 1. The Balaban J connectivity index is 1.89. The largest absolute Gasteiger partial charge is 0.396 e. The average Bonchev–Trinajstić information content (AvgIpc) is 3.05. The van der Waals surface area contributed by atoms with Crippen LogP contribution in [0.25, 0.3) is 0 Å². The van der Waals surface area contributed by atoms with Gasteiger partial charge >= 0.3 is 0 Å². The molecule has 1 aromatic heterocycles. The molecule has 1 aliphatic carbocycles. The van der Waals surface area contributed by atoms with E-state index in [0.717, 1.165) is 42.3 Å². The van der Waals surface area contributed by atoms with Crippen LogP contribution in [0.4, 0.5) is 0 Å². The minimum atomic E-state index is 0.286. The van der Waals surface area contributed by atoms with Gasteiger partial charge in [-0.3, -0.25) is 4.68 Å². The molecule has 1 heterocycles. The topological polar surface area (TPSA) is 50.1 Å². The molecule has 0 unspecified atom stereocenters. The Morgan fingerprint density at radius 2 is 2.22 bits per heavy atom. The predicted octanol–water partition coefficient (Wildman–Crippen LogP) is 1.89. The fraction of sp³-hybridized carbons (Fsp3) is 0.769. The molecule has 2 N–H and O–H groups in total. The number of aromatic nitrogens is 2. The van der Waals surface area contributed by atoms with Crippen molar-refractivity contribution in [2.75, 3.05) is 13.2 Å². The molecule has 1 fully saturated rings. The van der Waals surface area contributed by atoms with Crippen LogP contribution in [0.5, 0.6) is 0 Å². The Morgan fingerprint density at radius 1 is 1.50 bits per heavy atom. The van der Waals surface area contributed by atoms with E-state index in [1.165, 1.54) is 12.8 Å². The summed E-state index contributed by atoms with van der Waals surface area (Å²) in [6.07, 6.45) is 4.21. The highest BCUT2D eigenvalue weighted by Gasteiger charge is 2.41. The minimum Gasteiger partial charge on any atom is -0.396 e. The number of aliphatic hydroxyl groups is 1. The van der Waals surface area contributed by atoms with Crippen molar-refractivity contribution < 1.29 is 5.11 Å². The van der Waals surface area contributed by atoms with Gasteiger partial charge in [0, 0.05) is 26.7 Å². The number of nitrogens with one attached hydrogen (secondary N) is 1. The molecule has 0 amide bonds. The lowest BCUT2D eigenvalue weighted by atomic mass is 10.0. The number of hydrogen-bond donors (Lipinski definition) is 2. The van der Waals surface area contributed by atoms with E-state index in [4.69, 9.17) is 16.7 Å².